The third kappa shape index (κ3) is 2.22. The zero-order chi connectivity index (χ0) is 11.4. The van der Waals surface area contributed by atoms with Crippen LogP contribution >= 0.6 is 0 Å². The second kappa shape index (κ2) is 4.35. The molecule has 1 aliphatic carbocycles. The smallest absolute Gasteiger partial charge is 0.130 e. The van der Waals surface area contributed by atoms with Crippen LogP contribution < -0.4 is 5.73 Å². The fraction of sp³-hybridized carbons (Fsp3) is 0.214. The largest absolute Gasteiger partial charge is 0.402 e. The average molecular weight is 213 g/mol. The second-order valence-corrected chi connectivity index (χ2v) is 4.29. The highest BCUT2D eigenvalue weighted by Crippen LogP contribution is 2.31. The molecule has 0 fully saturated rings. The van der Waals surface area contributed by atoms with E-state index in [-0.39, 0.29) is 0 Å². The molecular weight excluding hydrogens is 198 g/mol. The Kier molecular flexibility index (Phi) is 2.91. The van der Waals surface area contributed by atoms with Gasteiger partial charge >= 0.3 is 0 Å². The van der Waals surface area contributed by atoms with Crippen molar-refractivity contribution in [3.8, 4) is 0 Å². The Labute approximate surface area is 95.5 Å². The molecule has 0 spiro atoms. The van der Waals surface area contributed by atoms with Crippen molar-refractivity contribution in [2.24, 2.45) is 11.1 Å². The van der Waals surface area contributed by atoms with Crippen molar-refractivity contribution in [3.63, 3.8) is 0 Å². The van der Waals surface area contributed by atoms with Gasteiger partial charge in [0.1, 0.15) is 6.29 Å². The van der Waals surface area contributed by atoms with E-state index in [0.29, 0.717) is 12.8 Å². The first-order valence-corrected chi connectivity index (χ1v) is 5.38. The molecule has 1 aromatic carbocycles. The van der Waals surface area contributed by atoms with Gasteiger partial charge in [-0.3, -0.25) is 0 Å². The van der Waals surface area contributed by atoms with E-state index >= 15 is 0 Å². The number of carbonyl (C=O) groups excluding carboxylic acids is 1. The van der Waals surface area contributed by atoms with Crippen molar-refractivity contribution in [1.29, 1.82) is 0 Å². The quantitative estimate of drug-likeness (QED) is 0.782. The Bertz CT molecular complexity index is 433. The van der Waals surface area contributed by atoms with Gasteiger partial charge in [-0.1, -0.05) is 42.5 Å². The lowest BCUT2D eigenvalue weighted by Crippen LogP contribution is -2.27. The van der Waals surface area contributed by atoms with Crippen molar-refractivity contribution >= 4 is 6.29 Å². The summed E-state index contributed by atoms with van der Waals surface area (Å²) in [5.74, 6) is 0. The molecule has 0 amide bonds. The number of carbonyl (C=O) groups is 1. The lowest BCUT2D eigenvalue weighted by atomic mass is 9.77. The highest BCUT2D eigenvalue weighted by Gasteiger charge is 2.29. The normalized spacial score (nSPS) is 23.9. The fourth-order valence-corrected chi connectivity index (χ4v) is 2.08. The molecule has 0 radical (unpaired) electrons. The Morgan fingerprint density at radius 2 is 2.06 bits per heavy atom. The van der Waals surface area contributed by atoms with E-state index in [1.807, 2.05) is 48.6 Å². The Morgan fingerprint density at radius 1 is 1.31 bits per heavy atom. The number of aldehydes is 1. The van der Waals surface area contributed by atoms with Gasteiger partial charge in [0.05, 0.1) is 5.41 Å². The van der Waals surface area contributed by atoms with Crippen LogP contribution in [-0.4, -0.2) is 6.29 Å². The van der Waals surface area contributed by atoms with Crippen LogP contribution in [0.2, 0.25) is 0 Å². The number of hydrogen-bond donors (Lipinski definition) is 1. The van der Waals surface area contributed by atoms with Crippen molar-refractivity contribution in [2.75, 3.05) is 0 Å². The zero-order valence-corrected chi connectivity index (χ0v) is 9.10. The molecule has 1 unspecified atom stereocenters. The summed E-state index contributed by atoms with van der Waals surface area (Å²) < 4.78 is 0. The van der Waals surface area contributed by atoms with Gasteiger partial charge in [-0.2, -0.15) is 0 Å². The molecular formula is C14H15NO. The lowest BCUT2D eigenvalue weighted by Gasteiger charge is -2.27. The van der Waals surface area contributed by atoms with E-state index in [9.17, 15) is 4.79 Å². The molecule has 1 atom stereocenters. The van der Waals surface area contributed by atoms with Crippen LogP contribution in [0.15, 0.2) is 54.3 Å². The Morgan fingerprint density at radius 3 is 2.69 bits per heavy atom. The maximum atomic E-state index is 11.3. The first kappa shape index (κ1) is 10.7. The predicted octanol–water partition coefficient (Wildman–Crippen LogP) is 2.22. The van der Waals surface area contributed by atoms with Crippen LogP contribution in [-0.2, 0) is 11.2 Å². The molecule has 2 heteroatoms. The second-order valence-electron chi connectivity index (χ2n) is 4.29. The van der Waals surface area contributed by atoms with Gasteiger partial charge in [-0.15, -0.1) is 0 Å². The number of benzene rings is 1. The van der Waals surface area contributed by atoms with Gasteiger partial charge in [0.15, 0.2) is 0 Å². The third-order valence-electron chi connectivity index (χ3n) is 2.88. The summed E-state index contributed by atoms with van der Waals surface area (Å²) in [7, 11) is 0. The van der Waals surface area contributed by atoms with Crippen LogP contribution in [0, 0.1) is 5.41 Å². The Hall–Kier alpha value is -1.83. The molecule has 0 saturated heterocycles. The average Bonchev–Trinajstić information content (AvgIpc) is 2.30. The van der Waals surface area contributed by atoms with Crippen LogP contribution in [0.25, 0.3) is 0 Å². The molecule has 82 valence electrons. The zero-order valence-electron chi connectivity index (χ0n) is 9.10. The number of allylic oxidation sites excluding steroid dienone is 4. The third-order valence-corrected chi connectivity index (χ3v) is 2.88. The Balaban J connectivity index is 2.21. The van der Waals surface area contributed by atoms with Gasteiger partial charge in [0, 0.05) is 12.1 Å². The van der Waals surface area contributed by atoms with Crippen LogP contribution in [0.1, 0.15) is 12.0 Å². The summed E-state index contributed by atoms with van der Waals surface area (Å²) in [6.45, 7) is 0. The molecule has 0 bridgehead atoms. The molecule has 0 heterocycles. The minimum atomic E-state index is -0.458. The van der Waals surface area contributed by atoms with Gasteiger partial charge in [0.2, 0.25) is 0 Å². The van der Waals surface area contributed by atoms with Gasteiger partial charge in [-0.05, 0) is 18.1 Å². The van der Waals surface area contributed by atoms with Gasteiger partial charge < -0.3 is 10.5 Å². The minimum Gasteiger partial charge on any atom is -0.402 e. The molecule has 1 aromatic rings. The minimum absolute atomic E-state index is 0.458. The lowest BCUT2D eigenvalue weighted by molar-refractivity contribution is -0.114. The van der Waals surface area contributed by atoms with E-state index in [0.717, 1.165) is 17.5 Å². The van der Waals surface area contributed by atoms with Crippen molar-refractivity contribution < 1.29 is 4.79 Å². The monoisotopic (exact) mass is 213 g/mol. The summed E-state index contributed by atoms with van der Waals surface area (Å²) in [6.07, 6.45) is 8.01. The molecule has 1 aliphatic rings. The molecule has 2 nitrogen and oxygen atoms in total. The van der Waals surface area contributed by atoms with Crippen molar-refractivity contribution in [1.82, 2.24) is 0 Å². The van der Waals surface area contributed by atoms with E-state index < -0.39 is 5.41 Å². The first-order valence-electron chi connectivity index (χ1n) is 5.38. The first-order chi connectivity index (χ1) is 7.74. The number of hydrogen-bond acceptors (Lipinski definition) is 2. The summed E-state index contributed by atoms with van der Waals surface area (Å²) in [5.41, 5.74) is 7.26. The molecule has 0 saturated carbocycles. The predicted molar refractivity (Wildman–Crippen MR) is 64.7 cm³/mol. The van der Waals surface area contributed by atoms with Crippen molar-refractivity contribution in [2.45, 2.75) is 12.8 Å². The summed E-state index contributed by atoms with van der Waals surface area (Å²) in [4.78, 5) is 11.3. The van der Waals surface area contributed by atoms with Crippen LogP contribution in [0.5, 0.6) is 0 Å². The van der Waals surface area contributed by atoms with Gasteiger partial charge in [-0.25, -0.2) is 0 Å². The number of nitrogens with two attached hydrogens (primary N) is 1. The molecule has 2 rings (SSSR count). The van der Waals surface area contributed by atoms with E-state index in [4.69, 9.17) is 5.73 Å². The highest BCUT2D eigenvalue weighted by molar-refractivity contribution is 5.65. The highest BCUT2D eigenvalue weighted by atomic mass is 16.1. The summed E-state index contributed by atoms with van der Waals surface area (Å²) in [5, 5.41) is 0. The molecule has 16 heavy (non-hydrogen) atoms. The SMILES string of the molecule is NC1=CC=CC(C=O)(Cc2ccccc2)C1. The number of rotatable bonds is 3. The molecule has 2 N–H and O–H groups in total. The summed E-state index contributed by atoms with van der Waals surface area (Å²) >= 11 is 0. The fourth-order valence-electron chi connectivity index (χ4n) is 2.08. The van der Waals surface area contributed by atoms with Crippen LogP contribution in [0.3, 0.4) is 0 Å². The molecule has 0 aromatic heterocycles. The van der Waals surface area contributed by atoms with Gasteiger partial charge in [0.25, 0.3) is 0 Å². The maximum absolute atomic E-state index is 11.3. The van der Waals surface area contributed by atoms with Crippen LogP contribution in [0.4, 0.5) is 0 Å². The van der Waals surface area contributed by atoms with E-state index in [1.54, 1.807) is 0 Å². The topological polar surface area (TPSA) is 43.1 Å². The molecule has 0 aliphatic heterocycles. The van der Waals surface area contributed by atoms with E-state index in [1.165, 1.54) is 0 Å². The van der Waals surface area contributed by atoms with Crippen molar-refractivity contribution in [3.05, 3.63) is 59.8 Å². The van der Waals surface area contributed by atoms with E-state index in [2.05, 4.69) is 0 Å². The maximum Gasteiger partial charge on any atom is 0.130 e. The summed E-state index contributed by atoms with van der Waals surface area (Å²) in [6, 6.07) is 10.0. The standard InChI is InChI=1S/C14H15NO/c15-13-7-4-8-14(10-13,11-16)9-12-5-2-1-3-6-12/h1-8,11H,9-10,15H2.